The maximum atomic E-state index is 8.65. The van der Waals surface area contributed by atoms with Gasteiger partial charge in [0.15, 0.2) is 11.5 Å². The lowest BCUT2D eigenvalue weighted by atomic mass is 10.3. The molecule has 78 valence electrons. The largest absolute Gasteiger partial charge is 0.493 e. The Morgan fingerprint density at radius 2 is 1.71 bits per heavy atom. The summed E-state index contributed by atoms with van der Waals surface area (Å²) in [6, 6.07) is 5.36. The van der Waals surface area contributed by atoms with Crippen molar-refractivity contribution in [3.63, 3.8) is 0 Å². The Balaban J connectivity index is 2.93. The summed E-state index contributed by atoms with van der Waals surface area (Å²) in [5.41, 5.74) is 0. The van der Waals surface area contributed by atoms with E-state index < -0.39 is 0 Å². The van der Waals surface area contributed by atoms with E-state index in [0.29, 0.717) is 17.2 Å². The minimum atomic E-state index is -0.0405. The molecule has 0 saturated heterocycles. The van der Waals surface area contributed by atoms with Crippen LogP contribution in [0.4, 0.5) is 0 Å². The second-order valence-corrected chi connectivity index (χ2v) is 2.56. The lowest BCUT2D eigenvalue weighted by Gasteiger charge is -2.12. The zero-order chi connectivity index (χ0) is 10.4. The van der Waals surface area contributed by atoms with Gasteiger partial charge in [-0.1, -0.05) is 6.07 Å². The fourth-order valence-electron chi connectivity index (χ4n) is 1.11. The maximum Gasteiger partial charge on any atom is 0.203 e. The number of ether oxygens (including phenoxy) is 3. The van der Waals surface area contributed by atoms with Crippen molar-refractivity contribution in [2.75, 3.05) is 27.4 Å². The second kappa shape index (κ2) is 5.34. The summed E-state index contributed by atoms with van der Waals surface area (Å²) < 4.78 is 15.5. The van der Waals surface area contributed by atoms with Gasteiger partial charge in [0.05, 0.1) is 20.8 Å². The van der Waals surface area contributed by atoms with Gasteiger partial charge in [0.1, 0.15) is 6.61 Å². The van der Waals surface area contributed by atoms with E-state index in [1.54, 1.807) is 26.4 Å². The molecule has 0 aromatic heterocycles. The monoisotopic (exact) mass is 198 g/mol. The predicted octanol–water partition coefficient (Wildman–Crippen LogP) is 1.07. The van der Waals surface area contributed by atoms with Crippen LogP contribution in [0.25, 0.3) is 0 Å². The molecule has 4 heteroatoms. The molecular weight excluding hydrogens is 184 g/mol. The van der Waals surface area contributed by atoms with Crippen molar-refractivity contribution in [1.29, 1.82) is 0 Å². The predicted molar refractivity (Wildman–Crippen MR) is 52.1 cm³/mol. The first kappa shape index (κ1) is 10.7. The number of para-hydroxylation sites is 1. The number of methoxy groups -OCH3 is 2. The molecule has 0 aliphatic rings. The summed E-state index contributed by atoms with van der Waals surface area (Å²) in [6.45, 7) is 0.179. The third-order valence-electron chi connectivity index (χ3n) is 1.72. The van der Waals surface area contributed by atoms with Gasteiger partial charge in [-0.2, -0.15) is 0 Å². The SMILES string of the molecule is COc1cccc(OC)c1OCCO. The summed E-state index contributed by atoms with van der Waals surface area (Å²) in [4.78, 5) is 0. The van der Waals surface area contributed by atoms with Crippen molar-refractivity contribution in [2.24, 2.45) is 0 Å². The molecule has 0 spiro atoms. The van der Waals surface area contributed by atoms with Gasteiger partial charge < -0.3 is 19.3 Å². The van der Waals surface area contributed by atoms with Crippen molar-refractivity contribution >= 4 is 0 Å². The molecule has 0 amide bonds. The Bertz CT molecular complexity index is 263. The minimum absolute atomic E-state index is 0.0405. The van der Waals surface area contributed by atoms with E-state index in [0.717, 1.165) is 0 Å². The minimum Gasteiger partial charge on any atom is -0.493 e. The Hall–Kier alpha value is -1.42. The van der Waals surface area contributed by atoms with Crippen LogP contribution >= 0.6 is 0 Å². The van der Waals surface area contributed by atoms with E-state index in [2.05, 4.69) is 0 Å². The Morgan fingerprint density at radius 3 is 2.14 bits per heavy atom. The molecule has 1 aromatic rings. The van der Waals surface area contributed by atoms with Crippen molar-refractivity contribution in [3.8, 4) is 17.2 Å². The quantitative estimate of drug-likeness (QED) is 0.769. The molecule has 0 unspecified atom stereocenters. The smallest absolute Gasteiger partial charge is 0.203 e. The first-order valence-electron chi connectivity index (χ1n) is 4.28. The molecule has 0 saturated carbocycles. The first-order valence-corrected chi connectivity index (χ1v) is 4.28. The van der Waals surface area contributed by atoms with Crippen LogP contribution in [0.3, 0.4) is 0 Å². The van der Waals surface area contributed by atoms with Crippen LogP contribution in [0.1, 0.15) is 0 Å². The Morgan fingerprint density at radius 1 is 1.14 bits per heavy atom. The lowest BCUT2D eigenvalue weighted by Crippen LogP contribution is -2.04. The standard InChI is InChI=1S/C10H14O4/c1-12-8-4-3-5-9(13-2)10(8)14-7-6-11/h3-5,11H,6-7H2,1-2H3. The zero-order valence-corrected chi connectivity index (χ0v) is 8.32. The van der Waals surface area contributed by atoms with Gasteiger partial charge in [0, 0.05) is 0 Å². The fraction of sp³-hybridized carbons (Fsp3) is 0.400. The van der Waals surface area contributed by atoms with Crippen molar-refractivity contribution in [2.45, 2.75) is 0 Å². The number of benzene rings is 1. The molecule has 1 aromatic carbocycles. The van der Waals surface area contributed by atoms with Crippen LogP contribution in [0, 0.1) is 0 Å². The highest BCUT2D eigenvalue weighted by molar-refractivity contribution is 5.50. The van der Waals surface area contributed by atoms with E-state index in [9.17, 15) is 0 Å². The summed E-state index contributed by atoms with van der Waals surface area (Å²) >= 11 is 0. The highest BCUT2D eigenvalue weighted by Crippen LogP contribution is 2.36. The van der Waals surface area contributed by atoms with Crippen molar-refractivity contribution in [1.82, 2.24) is 0 Å². The number of rotatable bonds is 5. The van der Waals surface area contributed by atoms with E-state index in [-0.39, 0.29) is 13.2 Å². The molecule has 0 heterocycles. The molecule has 14 heavy (non-hydrogen) atoms. The molecular formula is C10H14O4. The molecule has 4 nitrogen and oxygen atoms in total. The average molecular weight is 198 g/mol. The number of hydrogen-bond donors (Lipinski definition) is 1. The highest BCUT2D eigenvalue weighted by atomic mass is 16.5. The molecule has 0 fully saturated rings. The van der Waals surface area contributed by atoms with Crippen LogP contribution in [-0.2, 0) is 0 Å². The first-order chi connectivity index (χ1) is 6.83. The summed E-state index contributed by atoms with van der Waals surface area (Å²) in [6.07, 6.45) is 0. The average Bonchev–Trinajstić information content (AvgIpc) is 2.25. The normalized spacial score (nSPS) is 9.64. The van der Waals surface area contributed by atoms with Crippen molar-refractivity contribution < 1.29 is 19.3 Å². The molecule has 1 rings (SSSR count). The van der Waals surface area contributed by atoms with Gasteiger partial charge in [-0.05, 0) is 12.1 Å². The second-order valence-electron chi connectivity index (χ2n) is 2.56. The molecule has 0 radical (unpaired) electrons. The van der Waals surface area contributed by atoms with Gasteiger partial charge in [-0.25, -0.2) is 0 Å². The van der Waals surface area contributed by atoms with E-state index in [4.69, 9.17) is 19.3 Å². The van der Waals surface area contributed by atoms with Gasteiger partial charge >= 0.3 is 0 Å². The summed E-state index contributed by atoms with van der Waals surface area (Å²) in [7, 11) is 3.11. The van der Waals surface area contributed by atoms with Crippen LogP contribution in [-0.4, -0.2) is 32.5 Å². The van der Waals surface area contributed by atoms with E-state index >= 15 is 0 Å². The number of aliphatic hydroxyl groups excluding tert-OH is 1. The third kappa shape index (κ3) is 2.29. The lowest BCUT2D eigenvalue weighted by molar-refractivity contribution is 0.191. The van der Waals surface area contributed by atoms with Crippen molar-refractivity contribution in [3.05, 3.63) is 18.2 Å². The molecule has 0 atom stereocenters. The van der Waals surface area contributed by atoms with Gasteiger partial charge in [0.2, 0.25) is 5.75 Å². The third-order valence-corrected chi connectivity index (χ3v) is 1.72. The Labute approximate surface area is 83.0 Å². The number of hydrogen-bond acceptors (Lipinski definition) is 4. The molecule has 0 aliphatic carbocycles. The van der Waals surface area contributed by atoms with E-state index in [1.807, 2.05) is 6.07 Å². The van der Waals surface area contributed by atoms with Gasteiger partial charge in [-0.15, -0.1) is 0 Å². The Kier molecular flexibility index (Phi) is 4.07. The summed E-state index contributed by atoms with van der Waals surface area (Å²) in [5.74, 6) is 1.71. The zero-order valence-electron chi connectivity index (χ0n) is 8.32. The highest BCUT2D eigenvalue weighted by Gasteiger charge is 2.10. The molecule has 0 aliphatic heterocycles. The topological polar surface area (TPSA) is 47.9 Å². The van der Waals surface area contributed by atoms with Gasteiger partial charge in [0.25, 0.3) is 0 Å². The van der Waals surface area contributed by atoms with Crippen LogP contribution in [0.5, 0.6) is 17.2 Å². The van der Waals surface area contributed by atoms with E-state index in [1.165, 1.54) is 0 Å². The van der Waals surface area contributed by atoms with Crippen LogP contribution in [0.15, 0.2) is 18.2 Å². The number of aliphatic hydroxyl groups is 1. The molecule has 1 N–H and O–H groups in total. The maximum absolute atomic E-state index is 8.65. The molecule has 0 bridgehead atoms. The summed E-state index contributed by atoms with van der Waals surface area (Å²) in [5, 5.41) is 8.65. The van der Waals surface area contributed by atoms with Crippen LogP contribution in [0.2, 0.25) is 0 Å². The van der Waals surface area contributed by atoms with Crippen LogP contribution < -0.4 is 14.2 Å². The van der Waals surface area contributed by atoms with Gasteiger partial charge in [-0.3, -0.25) is 0 Å². The fourth-order valence-corrected chi connectivity index (χ4v) is 1.11.